The highest BCUT2D eigenvalue weighted by atomic mass is 79.9. The first-order chi connectivity index (χ1) is 20.9. The van der Waals surface area contributed by atoms with Crippen molar-refractivity contribution in [3.63, 3.8) is 0 Å². The molecule has 0 aliphatic rings. The first kappa shape index (κ1) is 40.5. The summed E-state index contributed by atoms with van der Waals surface area (Å²) in [5.41, 5.74) is 7.96. The van der Waals surface area contributed by atoms with E-state index >= 15 is 0 Å². The Morgan fingerprint density at radius 2 is 0.767 bits per heavy atom. The maximum absolute atomic E-state index is 3.89. The Morgan fingerprint density at radius 1 is 0.465 bits per heavy atom. The van der Waals surface area contributed by atoms with Gasteiger partial charge in [-0.3, -0.25) is 0 Å². The van der Waals surface area contributed by atoms with Gasteiger partial charge < -0.3 is 0 Å². The van der Waals surface area contributed by atoms with Crippen LogP contribution in [-0.4, -0.2) is 8.07 Å². The molecule has 1 aromatic rings. The minimum absolute atomic E-state index is 1.21. The third-order valence-corrected chi connectivity index (χ3v) is 10.5. The van der Waals surface area contributed by atoms with Gasteiger partial charge in [-0.15, -0.1) is 5.54 Å². The molecule has 0 nitrogen and oxygen atoms in total. The molecule has 0 amide bonds. The van der Waals surface area contributed by atoms with E-state index in [-0.39, 0.29) is 0 Å². The number of halogens is 1. The fourth-order valence-corrected chi connectivity index (χ4v) is 7.14. The molecular weight excluding hydrogens is 600 g/mol. The van der Waals surface area contributed by atoms with E-state index in [1.54, 1.807) is 11.1 Å². The molecule has 248 valence electrons. The summed E-state index contributed by atoms with van der Waals surface area (Å²) in [5, 5.41) is 0. The number of benzene rings is 1. The summed E-state index contributed by atoms with van der Waals surface area (Å²) in [4.78, 5) is 0. The second-order valence-corrected chi connectivity index (χ2v) is 20.2. The lowest BCUT2D eigenvalue weighted by atomic mass is 9.94. The van der Waals surface area contributed by atoms with Crippen molar-refractivity contribution < 1.29 is 0 Å². The van der Waals surface area contributed by atoms with Crippen molar-refractivity contribution >= 4 is 24.0 Å². The van der Waals surface area contributed by atoms with E-state index in [4.69, 9.17) is 0 Å². The third-order valence-electron chi connectivity index (χ3n) is 8.96. The molecule has 0 aliphatic heterocycles. The predicted molar refractivity (Wildman–Crippen MR) is 203 cm³/mol. The molecule has 0 fully saturated rings. The van der Waals surface area contributed by atoms with Gasteiger partial charge >= 0.3 is 0 Å². The Kier molecular flexibility index (Phi) is 26.1. The van der Waals surface area contributed by atoms with Crippen LogP contribution in [0.15, 0.2) is 16.6 Å². The van der Waals surface area contributed by atoms with Gasteiger partial charge in [-0.25, -0.2) is 0 Å². The van der Waals surface area contributed by atoms with Crippen LogP contribution in [0.2, 0.25) is 19.6 Å². The highest BCUT2D eigenvalue weighted by Gasteiger charge is 2.11. The highest BCUT2D eigenvalue weighted by Crippen LogP contribution is 2.26. The van der Waals surface area contributed by atoms with Gasteiger partial charge in [-0.1, -0.05) is 194 Å². The van der Waals surface area contributed by atoms with Gasteiger partial charge in [-0.05, 0) is 64.9 Å². The fraction of sp³-hybridized carbons (Fsp3) is 0.805. The first-order valence-corrected chi connectivity index (χ1v) is 23.5. The molecule has 0 spiro atoms. The maximum Gasteiger partial charge on any atom is 0.129 e. The Labute approximate surface area is 280 Å². The normalized spacial score (nSPS) is 11.6. The molecular formula is C41H73BrSi. The third kappa shape index (κ3) is 24.4. The molecule has 43 heavy (non-hydrogen) atoms. The SMILES string of the molecule is CCCCCCCCCCCCCCCc1cc(Br)c(C#C[Si](C)(C)C)cc1CCCCCCCCCCCCCCC. The van der Waals surface area contributed by atoms with Crippen LogP contribution in [0.25, 0.3) is 0 Å². The summed E-state index contributed by atoms with van der Waals surface area (Å²) < 4.78 is 1.21. The highest BCUT2D eigenvalue weighted by molar-refractivity contribution is 9.10. The molecule has 2 heteroatoms. The molecule has 0 aliphatic carbocycles. The summed E-state index contributed by atoms with van der Waals surface area (Å²) in [6.07, 6.45) is 39.4. The fourth-order valence-electron chi connectivity index (χ4n) is 6.14. The van der Waals surface area contributed by atoms with Gasteiger partial charge in [0.05, 0.1) is 0 Å². The lowest BCUT2D eigenvalue weighted by Gasteiger charge is -2.13. The topological polar surface area (TPSA) is 0 Å². The summed E-state index contributed by atoms with van der Waals surface area (Å²) in [5.74, 6) is 3.55. The van der Waals surface area contributed by atoms with E-state index in [1.807, 2.05) is 0 Å². The monoisotopic (exact) mass is 672 g/mol. The molecule has 0 unspecified atom stereocenters. The zero-order valence-corrected chi connectivity index (χ0v) is 32.4. The van der Waals surface area contributed by atoms with E-state index in [2.05, 4.69) is 73.0 Å². The number of rotatable bonds is 28. The standard InChI is InChI=1S/C41H73BrSi/c1-6-8-10-12-14-16-18-20-22-24-26-28-30-32-38-36-40(34-35-43(3,4)5)41(42)37-39(38)33-31-29-27-25-23-21-19-17-15-13-11-9-7-2/h36-37H,6-33H2,1-5H3. The van der Waals surface area contributed by atoms with E-state index in [9.17, 15) is 0 Å². The molecule has 0 atom stereocenters. The molecule has 0 bridgehead atoms. The van der Waals surface area contributed by atoms with Crippen LogP contribution in [0.5, 0.6) is 0 Å². The van der Waals surface area contributed by atoms with Crippen LogP contribution in [0, 0.1) is 11.5 Å². The Morgan fingerprint density at radius 3 is 1.09 bits per heavy atom. The van der Waals surface area contributed by atoms with Gasteiger partial charge in [-0.2, -0.15) is 0 Å². The average Bonchev–Trinajstić information content (AvgIpc) is 2.97. The van der Waals surface area contributed by atoms with Crippen molar-refractivity contribution in [3.05, 3.63) is 33.3 Å². The van der Waals surface area contributed by atoms with Gasteiger partial charge in [0.2, 0.25) is 0 Å². The quantitative estimate of drug-likeness (QED) is 0.0472. The zero-order chi connectivity index (χ0) is 31.4. The molecule has 0 aromatic heterocycles. The largest absolute Gasteiger partial charge is 0.129 e. The van der Waals surface area contributed by atoms with Crippen LogP contribution in [-0.2, 0) is 12.8 Å². The van der Waals surface area contributed by atoms with Crippen LogP contribution < -0.4 is 0 Å². The summed E-state index contributed by atoms with van der Waals surface area (Å²) >= 11 is 3.89. The maximum atomic E-state index is 3.89. The molecule has 1 rings (SSSR count). The van der Waals surface area contributed by atoms with Crippen molar-refractivity contribution in [2.45, 2.75) is 213 Å². The number of hydrogen-bond donors (Lipinski definition) is 0. The van der Waals surface area contributed by atoms with Crippen LogP contribution in [0.3, 0.4) is 0 Å². The van der Waals surface area contributed by atoms with Gasteiger partial charge in [0, 0.05) is 10.0 Å². The van der Waals surface area contributed by atoms with Gasteiger partial charge in [0.15, 0.2) is 0 Å². The molecule has 1 aromatic carbocycles. The summed E-state index contributed by atoms with van der Waals surface area (Å²) in [6.45, 7) is 11.6. The van der Waals surface area contributed by atoms with Crippen LogP contribution in [0.4, 0.5) is 0 Å². The molecule has 0 saturated heterocycles. The average molecular weight is 674 g/mol. The van der Waals surface area contributed by atoms with Crippen molar-refractivity contribution in [1.82, 2.24) is 0 Å². The Bertz CT molecular complexity index is 840. The number of unbranched alkanes of at least 4 members (excludes halogenated alkanes) is 24. The van der Waals surface area contributed by atoms with E-state index in [0.29, 0.717) is 0 Å². The number of hydrogen-bond acceptors (Lipinski definition) is 0. The minimum Gasteiger partial charge on any atom is -0.127 e. The molecule has 0 radical (unpaired) electrons. The second-order valence-electron chi connectivity index (χ2n) is 14.6. The first-order valence-electron chi connectivity index (χ1n) is 19.2. The second kappa shape index (κ2) is 27.8. The van der Waals surface area contributed by atoms with Crippen LogP contribution in [0.1, 0.15) is 197 Å². The lowest BCUT2D eigenvalue weighted by Crippen LogP contribution is -2.16. The minimum atomic E-state index is -1.39. The van der Waals surface area contributed by atoms with E-state index in [0.717, 1.165) is 0 Å². The molecule has 0 heterocycles. The smallest absolute Gasteiger partial charge is 0.127 e. The van der Waals surface area contributed by atoms with Gasteiger partial charge in [0.1, 0.15) is 8.07 Å². The zero-order valence-electron chi connectivity index (χ0n) is 29.8. The molecule has 0 saturated carbocycles. The predicted octanol–water partition coefficient (Wildman–Crippen LogP) is 14.9. The lowest BCUT2D eigenvalue weighted by molar-refractivity contribution is 0.537. The summed E-state index contributed by atoms with van der Waals surface area (Å²) in [7, 11) is -1.39. The van der Waals surface area contributed by atoms with Gasteiger partial charge in [0.25, 0.3) is 0 Å². The van der Waals surface area contributed by atoms with Crippen LogP contribution >= 0.6 is 15.9 Å². The van der Waals surface area contributed by atoms with Crippen molar-refractivity contribution in [2.24, 2.45) is 0 Å². The van der Waals surface area contributed by atoms with E-state index < -0.39 is 8.07 Å². The number of aryl methyl sites for hydroxylation is 2. The summed E-state index contributed by atoms with van der Waals surface area (Å²) in [6, 6.07) is 4.86. The van der Waals surface area contributed by atoms with Crippen molar-refractivity contribution in [2.75, 3.05) is 0 Å². The Hall–Kier alpha value is -0.523. The Balaban J connectivity index is 2.38. The van der Waals surface area contributed by atoms with Crippen molar-refractivity contribution in [3.8, 4) is 11.5 Å². The van der Waals surface area contributed by atoms with E-state index in [1.165, 1.54) is 190 Å². The van der Waals surface area contributed by atoms with Crippen molar-refractivity contribution in [1.29, 1.82) is 0 Å². The molecule has 0 N–H and O–H groups in total.